The topological polar surface area (TPSA) is 58.6 Å². The van der Waals surface area contributed by atoms with Crippen LogP contribution in [0.2, 0.25) is 10.0 Å². The first-order chi connectivity index (χ1) is 17.3. The minimum absolute atomic E-state index is 0.0171. The number of nitrogens with zero attached hydrogens (tertiary/aromatic N) is 1. The van der Waals surface area contributed by atoms with E-state index in [0.717, 1.165) is 23.1 Å². The first-order valence-electron chi connectivity index (χ1n) is 12.0. The molecule has 3 rings (SSSR count). The average Bonchev–Trinajstić information content (AvgIpc) is 2.88. The highest BCUT2D eigenvalue weighted by atomic mass is 35.5. The lowest BCUT2D eigenvalue weighted by Crippen LogP contribution is -2.53. The minimum atomic E-state index is -0.722. The number of nitrogens with one attached hydrogen (secondary N) is 1. The summed E-state index contributed by atoms with van der Waals surface area (Å²) >= 11 is 12.2. The number of benzene rings is 3. The quantitative estimate of drug-likeness (QED) is 0.322. The summed E-state index contributed by atoms with van der Waals surface area (Å²) in [6.45, 7) is 5.87. The van der Waals surface area contributed by atoms with Crippen molar-refractivity contribution in [2.45, 2.75) is 52.2 Å². The maximum absolute atomic E-state index is 13.6. The van der Waals surface area contributed by atoms with E-state index < -0.39 is 6.04 Å². The van der Waals surface area contributed by atoms with Crippen molar-refractivity contribution in [1.82, 2.24) is 10.2 Å². The van der Waals surface area contributed by atoms with Crippen LogP contribution in [-0.2, 0) is 22.6 Å². The number of halogens is 2. The van der Waals surface area contributed by atoms with Gasteiger partial charge in [-0.25, -0.2) is 0 Å². The second-order valence-electron chi connectivity index (χ2n) is 8.87. The molecule has 0 bridgehead atoms. The van der Waals surface area contributed by atoms with E-state index in [-0.39, 0.29) is 31.0 Å². The highest BCUT2D eigenvalue weighted by Crippen LogP contribution is 2.22. The summed E-state index contributed by atoms with van der Waals surface area (Å²) in [4.78, 5) is 28.7. The van der Waals surface area contributed by atoms with Gasteiger partial charge >= 0.3 is 0 Å². The summed E-state index contributed by atoms with van der Waals surface area (Å²) in [5, 5.41) is 4.29. The van der Waals surface area contributed by atoms with Crippen LogP contribution in [0.4, 0.5) is 0 Å². The van der Waals surface area contributed by atoms with Crippen LogP contribution in [0.25, 0.3) is 0 Å². The van der Waals surface area contributed by atoms with Crippen LogP contribution in [0.3, 0.4) is 0 Å². The van der Waals surface area contributed by atoms with E-state index in [0.29, 0.717) is 22.2 Å². The number of aryl methyl sites for hydroxylation is 1. The molecule has 5 nitrogen and oxygen atoms in total. The van der Waals surface area contributed by atoms with Crippen molar-refractivity contribution in [2.75, 3.05) is 6.61 Å². The molecule has 0 aliphatic rings. The molecule has 0 spiro atoms. The molecule has 0 aliphatic carbocycles. The van der Waals surface area contributed by atoms with E-state index in [4.69, 9.17) is 27.9 Å². The van der Waals surface area contributed by atoms with Gasteiger partial charge < -0.3 is 15.0 Å². The van der Waals surface area contributed by atoms with Crippen LogP contribution in [0.15, 0.2) is 72.8 Å². The summed E-state index contributed by atoms with van der Waals surface area (Å²) in [7, 11) is 0. The number of rotatable bonds is 11. The Hall–Kier alpha value is -3.02. The van der Waals surface area contributed by atoms with Crippen molar-refractivity contribution < 1.29 is 14.3 Å². The summed E-state index contributed by atoms with van der Waals surface area (Å²) < 4.78 is 5.82. The molecule has 0 fully saturated rings. The van der Waals surface area contributed by atoms with Gasteiger partial charge in [-0.3, -0.25) is 9.59 Å². The Morgan fingerprint density at radius 3 is 2.31 bits per heavy atom. The molecule has 1 N–H and O–H groups in total. The lowest BCUT2D eigenvalue weighted by molar-refractivity contribution is -0.143. The lowest BCUT2D eigenvalue weighted by atomic mass is 10.0. The number of hydrogen-bond acceptors (Lipinski definition) is 3. The van der Waals surface area contributed by atoms with E-state index in [1.54, 1.807) is 35.2 Å². The predicted octanol–water partition coefficient (Wildman–Crippen LogP) is 6.24. The Morgan fingerprint density at radius 2 is 1.67 bits per heavy atom. The SMILES string of the molecule is CC[C@H](C)NC(=O)[C@H](Cc1ccccc1)N(Cc1ccc(Cl)cc1)C(=O)COc1ccc(Cl)c(C)c1. The molecule has 3 aromatic rings. The van der Waals surface area contributed by atoms with Crippen molar-refractivity contribution in [3.05, 3.63) is 99.5 Å². The summed E-state index contributed by atoms with van der Waals surface area (Å²) in [5.41, 5.74) is 2.68. The summed E-state index contributed by atoms with van der Waals surface area (Å²) in [6.07, 6.45) is 1.16. The van der Waals surface area contributed by atoms with Crippen LogP contribution in [0.1, 0.15) is 37.0 Å². The molecular weight excluding hydrogens is 495 g/mol. The van der Waals surface area contributed by atoms with Crippen molar-refractivity contribution in [1.29, 1.82) is 0 Å². The molecule has 0 aliphatic heterocycles. The molecule has 190 valence electrons. The smallest absolute Gasteiger partial charge is 0.261 e. The minimum Gasteiger partial charge on any atom is -0.484 e. The maximum Gasteiger partial charge on any atom is 0.261 e. The average molecular weight is 527 g/mol. The van der Waals surface area contributed by atoms with E-state index in [1.165, 1.54) is 0 Å². The monoisotopic (exact) mass is 526 g/mol. The van der Waals surface area contributed by atoms with Crippen molar-refractivity contribution >= 4 is 35.0 Å². The Kier molecular flexibility index (Phi) is 10.2. The first kappa shape index (κ1) is 27.6. The third-order valence-electron chi connectivity index (χ3n) is 6.03. The maximum atomic E-state index is 13.6. The number of amides is 2. The number of carbonyl (C=O) groups excluding carboxylic acids is 2. The van der Waals surface area contributed by atoms with Crippen LogP contribution >= 0.6 is 23.2 Å². The zero-order valence-corrected chi connectivity index (χ0v) is 22.4. The van der Waals surface area contributed by atoms with Gasteiger partial charge in [0.25, 0.3) is 5.91 Å². The third kappa shape index (κ3) is 8.00. The fraction of sp³-hybridized carbons (Fsp3) is 0.310. The molecule has 0 heterocycles. The van der Waals surface area contributed by atoms with Gasteiger partial charge in [0.05, 0.1) is 0 Å². The first-order valence-corrected chi connectivity index (χ1v) is 12.8. The predicted molar refractivity (Wildman–Crippen MR) is 146 cm³/mol. The van der Waals surface area contributed by atoms with Crippen molar-refractivity contribution in [3.63, 3.8) is 0 Å². The molecule has 0 aromatic heterocycles. The van der Waals surface area contributed by atoms with Gasteiger partial charge in [-0.05, 0) is 67.3 Å². The molecule has 7 heteroatoms. The Labute approximate surface area is 223 Å². The fourth-order valence-corrected chi connectivity index (χ4v) is 3.96. The second kappa shape index (κ2) is 13.3. The van der Waals surface area contributed by atoms with Crippen LogP contribution in [-0.4, -0.2) is 35.4 Å². The number of hydrogen-bond donors (Lipinski definition) is 1. The van der Waals surface area contributed by atoms with E-state index in [9.17, 15) is 9.59 Å². The molecular formula is C29H32Cl2N2O3. The van der Waals surface area contributed by atoms with E-state index in [2.05, 4.69) is 5.32 Å². The van der Waals surface area contributed by atoms with Gasteiger partial charge in [-0.1, -0.05) is 72.6 Å². The van der Waals surface area contributed by atoms with Gasteiger partial charge in [0.2, 0.25) is 5.91 Å². The van der Waals surface area contributed by atoms with Crippen LogP contribution < -0.4 is 10.1 Å². The molecule has 2 atom stereocenters. The van der Waals surface area contributed by atoms with Crippen molar-refractivity contribution in [3.8, 4) is 5.75 Å². The highest BCUT2D eigenvalue weighted by Gasteiger charge is 2.31. The molecule has 36 heavy (non-hydrogen) atoms. The Balaban J connectivity index is 1.90. The van der Waals surface area contributed by atoms with Gasteiger partial charge in [0.1, 0.15) is 11.8 Å². The largest absolute Gasteiger partial charge is 0.484 e. The zero-order chi connectivity index (χ0) is 26.1. The van der Waals surface area contributed by atoms with Gasteiger partial charge in [-0.15, -0.1) is 0 Å². The zero-order valence-electron chi connectivity index (χ0n) is 20.8. The summed E-state index contributed by atoms with van der Waals surface area (Å²) in [6, 6.07) is 21.5. The van der Waals surface area contributed by atoms with Crippen LogP contribution in [0, 0.1) is 6.92 Å². The molecule has 3 aromatic carbocycles. The molecule has 0 unspecified atom stereocenters. The Bertz CT molecular complexity index is 1150. The second-order valence-corrected chi connectivity index (χ2v) is 9.71. The standard InChI is InChI=1S/C29H32Cl2N2O3/c1-4-21(3)32-29(35)27(17-22-8-6-5-7-9-22)33(18-23-10-12-24(30)13-11-23)28(34)19-36-25-14-15-26(31)20(2)16-25/h5-16,21,27H,4,17-19H2,1-3H3,(H,32,35)/t21-,27-/m0/s1. The number of ether oxygens (including phenoxy) is 1. The van der Waals surface area contributed by atoms with Crippen LogP contribution in [0.5, 0.6) is 5.75 Å². The Morgan fingerprint density at radius 1 is 0.972 bits per heavy atom. The van der Waals surface area contributed by atoms with Gasteiger partial charge in [0, 0.05) is 29.1 Å². The molecule has 2 amide bonds. The third-order valence-corrected chi connectivity index (χ3v) is 6.71. The van der Waals surface area contributed by atoms with E-state index >= 15 is 0 Å². The highest BCUT2D eigenvalue weighted by molar-refractivity contribution is 6.31. The molecule has 0 saturated carbocycles. The van der Waals surface area contributed by atoms with Crippen molar-refractivity contribution in [2.24, 2.45) is 0 Å². The molecule has 0 saturated heterocycles. The summed E-state index contributed by atoms with van der Waals surface area (Å²) in [5.74, 6) is 0.0519. The fourth-order valence-electron chi connectivity index (χ4n) is 3.72. The van der Waals surface area contributed by atoms with Gasteiger partial charge in [-0.2, -0.15) is 0 Å². The van der Waals surface area contributed by atoms with Gasteiger partial charge in [0.15, 0.2) is 6.61 Å². The molecule has 0 radical (unpaired) electrons. The normalized spacial score (nSPS) is 12.5. The lowest BCUT2D eigenvalue weighted by Gasteiger charge is -2.32. The van der Waals surface area contributed by atoms with E-state index in [1.807, 2.05) is 63.2 Å². The number of carbonyl (C=O) groups is 2.